The fourth-order valence-corrected chi connectivity index (χ4v) is 2.98. The van der Waals surface area contributed by atoms with Crippen molar-refractivity contribution in [1.82, 2.24) is 4.98 Å². The molecule has 0 bridgehead atoms. The number of nitrogens with two attached hydrogens (primary N) is 1. The van der Waals surface area contributed by atoms with Gasteiger partial charge in [-0.2, -0.15) is 5.10 Å². The maximum Gasteiger partial charge on any atom is 0.338 e. The fraction of sp³-hybridized carbons (Fsp3) is 0.0909. The Hall–Kier alpha value is -3.65. The summed E-state index contributed by atoms with van der Waals surface area (Å²) in [6, 6.07) is 20.3. The summed E-state index contributed by atoms with van der Waals surface area (Å²) in [7, 11) is 1.32. The van der Waals surface area contributed by atoms with Crippen molar-refractivity contribution in [3.8, 4) is 11.6 Å². The quantitative estimate of drug-likeness (QED) is 0.266. The van der Waals surface area contributed by atoms with E-state index >= 15 is 0 Å². The first-order chi connectivity index (χ1) is 14.6. The molecule has 2 aromatic carbocycles. The lowest BCUT2D eigenvalue weighted by Gasteiger charge is -2.06. The van der Waals surface area contributed by atoms with Gasteiger partial charge in [0.15, 0.2) is 5.17 Å². The Labute approximate surface area is 178 Å². The van der Waals surface area contributed by atoms with Crippen LogP contribution in [0.3, 0.4) is 0 Å². The van der Waals surface area contributed by atoms with Gasteiger partial charge in [-0.25, -0.2) is 9.78 Å². The Morgan fingerprint density at radius 2 is 1.90 bits per heavy atom. The molecule has 1 aromatic heterocycles. The molecule has 0 atom stereocenters. The highest BCUT2D eigenvalue weighted by Gasteiger charge is 2.07. The molecule has 0 aliphatic carbocycles. The third kappa shape index (κ3) is 6.46. The summed E-state index contributed by atoms with van der Waals surface area (Å²) in [5.41, 5.74) is 8.26. The van der Waals surface area contributed by atoms with Gasteiger partial charge in [0.25, 0.3) is 0 Å². The third-order valence-electron chi connectivity index (χ3n) is 3.85. The molecule has 8 heteroatoms. The molecule has 0 aliphatic rings. The van der Waals surface area contributed by atoms with Gasteiger partial charge in [0.05, 0.1) is 18.9 Å². The monoisotopic (exact) mass is 420 g/mol. The van der Waals surface area contributed by atoms with Crippen LogP contribution in [-0.4, -0.2) is 29.4 Å². The molecule has 0 fully saturated rings. The van der Waals surface area contributed by atoms with Crippen LogP contribution in [0.1, 0.15) is 21.5 Å². The second-order valence-corrected chi connectivity index (χ2v) is 7.00. The molecule has 0 saturated carbocycles. The molecule has 2 N–H and O–H groups in total. The van der Waals surface area contributed by atoms with Gasteiger partial charge in [-0.15, -0.1) is 5.10 Å². The van der Waals surface area contributed by atoms with Gasteiger partial charge in [-0.3, -0.25) is 0 Å². The Morgan fingerprint density at radius 3 is 2.63 bits per heavy atom. The number of pyridine rings is 1. The first kappa shape index (κ1) is 21.1. The smallest absolute Gasteiger partial charge is 0.338 e. The van der Waals surface area contributed by atoms with E-state index in [1.165, 1.54) is 36.7 Å². The number of thioether (sulfide) groups is 1. The van der Waals surface area contributed by atoms with Gasteiger partial charge in [0.2, 0.25) is 5.88 Å². The average Bonchev–Trinajstić information content (AvgIpc) is 2.79. The molecule has 0 unspecified atom stereocenters. The zero-order valence-corrected chi connectivity index (χ0v) is 17.1. The van der Waals surface area contributed by atoms with Crippen LogP contribution in [0.5, 0.6) is 11.6 Å². The highest BCUT2D eigenvalue weighted by Crippen LogP contribution is 2.20. The van der Waals surface area contributed by atoms with E-state index in [2.05, 4.69) is 15.2 Å². The molecular formula is C22H20N4O3S. The van der Waals surface area contributed by atoms with Crippen molar-refractivity contribution in [2.45, 2.75) is 5.75 Å². The first-order valence-electron chi connectivity index (χ1n) is 8.99. The van der Waals surface area contributed by atoms with Crippen LogP contribution in [0.4, 0.5) is 0 Å². The Bertz CT molecular complexity index is 1040. The Kier molecular flexibility index (Phi) is 7.57. The van der Waals surface area contributed by atoms with E-state index in [-0.39, 0.29) is 0 Å². The predicted octanol–water partition coefficient (Wildman–Crippen LogP) is 4.24. The molecule has 0 amide bonds. The zero-order chi connectivity index (χ0) is 21.2. The molecular weight excluding hydrogens is 400 g/mol. The molecule has 0 radical (unpaired) electrons. The van der Waals surface area contributed by atoms with E-state index in [0.717, 1.165) is 11.3 Å². The number of hydrogen-bond donors (Lipinski definition) is 1. The van der Waals surface area contributed by atoms with Crippen LogP contribution in [0.15, 0.2) is 83.1 Å². The number of aromatic nitrogens is 1. The lowest BCUT2D eigenvalue weighted by Crippen LogP contribution is -2.05. The third-order valence-corrected chi connectivity index (χ3v) is 4.71. The summed E-state index contributed by atoms with van der Waals surface area (Å²) in [4.78, 5) is 15.7. The zero-order valence-electron chi connectivity index (χ0n) is 16.3. The Morgan fingerprint density at radius 1 is 1.13 bits per heavy atom. The van der Waals surface area contributed by atoms with Gasteiger partial charge in [-0.1, -0.05) is 42.1 Å². The second kappa shape index (κ2) is 10.8. The standard InChI is InChI=1S/C22H20N4O3S/c1-28-21(27)18-11-12-24-20(13-18)29-19-9-7-16(8-10-19)14-25-26-22(23)30-15-17-5-3-2-4-6-17/h2-14H,15H2,1H3,(H2,23,26). The highest BCUT2D eigenvalue weighted by atomic mass is 32.2. The summed E-state index contributed by atoms with van der Waals surface area (Å²) < 4.78 is 10.4. The van der Waals surface area contributed by atoms with Crippen molar-refractivity contribution in [1.29, 1.82) is 0 Å². The van der Waals surface area contributed by atoms with Crippen molar-refractivity contribution in [2.75, 3.05) is 7.11 Å². The van der Waals surface area contributed by atoms with Crippen LogP contribution in [0, 0.1) is 0 Å². The fourth-order valence-electron chi connectivity index (χ4n) is 2.37. The number of amidine groups is 1. The number of benzene rings is 2. The van der Waals surface area contributed by atoms with Gasteiger partial charge < -0.3 is 15.2 Å². The number of ether oxygens (including phenoxy) is 2. The number of hydrogen-bond acceptors (Lipinski definition) is 7. The Balaban J connectivity index is 1.54. The van der Waals surface area contributed by atoms with Gasteiger partial charge in [0.1, 0.15) is 5.75 Å². The topological polar surface area (TPSA) is 99.2 Å². The molecule has 7 nitrogen and oxygen atoms in total. The van der Waals surface area contributed by atoms with E-state index in [4.69, 9.17) is 15.2 Å². The molecule has 3 aromatic rings. The summed E-state index contributed by atoms with van der Waals surface area (Å²) in [6.07, 6.45) is 3.09. The average molecular weight is 420 g/mol. The molecule has 0 aliphatic heterocycles. The summed E-state index contributed by atoms with van der Waals surface area (Å²) in [6.45, 7) is 0. The highest BCUT2D eigenvalue weighted by molar-refractivity contribution is 8.13. The molecule has 3 rings (SSSR count). The van der Waals surface area contributed by atoms with E-state index < -0.39 is 5.97 Å². The molecule has 30 heavy (non-hydrogen) atoms. The number of nitrogens with zero attached hydrogens (tertiary/aromatic N) is 3. The lowest BCUT2D eigenvalue weighted by molar-refractivity contribution is 0.0600. The number of methoxy groups -OCH3 is 1. The summed E-state index contributed by atoms with van der Waals surface area (Å²) in [5, 5.41) is 8.42. The van der Waals surface area contributed by atoms with Gasteiger partial charge in [-0.05, 0) is 41.5 Å². The van der Waals surface area contributed by atoms with Crippen LogP contribution < -0.4 is 10.5 Å². The van der Waals surface area contributed by atoms with Crippen LogP contribution in [-0.2, 0) is 10.5 Å². The van der Waals surface area contributed by atoms with Gasteiger partial charge >= 0.3 is 5.97 Å². The SMILES string of the molecule is COC(=O)c1ccnc(Oc2ccc(C=NN=C(N)SCc3ccccc3)cc2)c1. The van der Waals surface area contributed by atoms with Crippen molar-refractivity contribution in [2.24, 2.45) is 15.9 Å². The molecule has 1 heterocycles. The largest absolute Gasteiger partial charge is 0.465 e. The van der Waals surface area contributed by atoms with E-state index in [1.54, 1.807) is 24.4 Å². The number of esters is 1. The van der Waals surface area contributed by atoms with Crippen LogP contribution in [0.25, 0.3) is 0 Å². The van der Waals surface area contributed by atoms with E-state index in [1.807, 2.05) is 42.5 Å². The van der Waals surface area contributed by atoms with E-state index in [9.17, 15) is 4.79 Å². The molecule has 0 saturated heterocycles. The van der Waals surface area contributed by atoms with Crippen molar-refractivity contribution >= 4 is 29.1 Å². The van der Waals surface area contributed by atoms with Crippen molar-refractivity contribution in [3.63, 3.8) is 0 Å². The maximum atomic E-state index is 11.6. The maximum absolute atomic E-state index is 11.6. The first-order valence-corrected chi connectivity index (χ1v) is 9.98. The minimum atomic E-state index is -0.449. The van der Waals surface area contributed by atoms with Gasteiger partial charge in [0, 0.05) is 18.0 Å². The van der Waals surface area contributed by atoms with Crippen molar-refractivity contribution < 1.29 is 14.3 Å². The van der Waals surface area contributed by atoms with Crippen molar-refractivity contribution in [3.05, 3.63) is 89.6 Å². The second-order valence-electron chi connectivity index (χ2n) is 6.00. The van der Waals surface area contributed by atoms with Crippen LogP contribution in [0.2, 0.25) is 0 Å². The number of carbonyl (C=O) groups excluding carboxylic acids is 1. The summed E-state index contributed by atoms with van der Waals surface area (Å²) in [5.74, 6) is 1.16. The number of rotatable bonds is 7. The molecule has 152 valence electrons. The minimum absolute atomic E-state index is 0.298. The minimum Gasteiger partial charge on any atom is -0.465 e. The molecule has 0 spiro atoms. The number of carbonyl (C=O) groups is 1. The predicted molar refractivity (Wildman–Crippen MR) is 119 cm³/mol. The van der Waals surface area contributed by atoms with Crippen LogP contribution >= 0.6 is 11.8 Å². The van der Waals surface area contributed by atoms with E-state index in [0.29, 0.717) is 22.4 Å². The summed E-state index contributed by atoms with van der Waals surface area (Å²) >= 11 is 1.43. The normalized spacial score (nSPS) is 11.4. The lowest BCUT2D eigenvalue weighted by atomic mass is 10.2.